The van der Waals surface area contributed by atoms with Crippen LogP contribution in [-0.2, 0) is 34.9 Å². The number of hydrogen-bond donors (Lipinski definition) is 3. The number of nitrogens with zero attached hydrogens (tertiary/aromatic N) is 2. The molecule has 1 fully saturated rings. The number of rotatable bonds is 13. The lowest BCUT2D eigenvalue weighted by Gasteiger charge is -2.33. The molecular formula is C27H42N4O8S. The van der Waals surface area contributed by atoms with Crippen LogP contribution in [0.1, 0.15) is 65.4 Å². The Morgan fingerprint density at radius 1 is 1.12 bits per heavy atom. The van der Waals surface area contributed by atoms with Crippen LogP contribution in [0.5, 0.6) is 0 Å². The van der Waals surface area contributed by atoms with Crippen LogP contribution in [0, 0.1) is 0 Å². The van der Waals surface area contributed by atoms with E-state index in [0.717, 1.165) is 4.90 Å². The third kappa shape index (κ3) is 11.9. The van der Waals surface area contributed by atoms with E-state index in [0.29, 0.717) is 37.9 Å². The molecule has 2 rings (SSSR count). The highest BCUT2D eigenvalue weighted by molar-refractivity contribution is 7.88. The highest BCUT2D eigenvalue weighted by atomic mass is 32.2. The molecule has 1 aromatic carbocycles. The van der Waals surface area contributed by atoms with Gasteiger partial charge in [0.15, 0.2) is 0 Å². The lowest BCUT2D eigenvalue weighted by molar-refractivity contribution is -0.145. The average molecular weight is 583 g/mol. The highest BCUT2D eigenvalue weighted by Gasteiger charge is 2.31. The van der Waals surface area contributed by atoms with E-state index in [2.05, 4.69) is 10.0 Å². The summed E-state index contributed by atoms with van der Waals surface area (Å²) in [4.78, 5) is 52.4. The molecule has 13 heteroatoms. The van der Waals surface area contributed by atoms with Crippen LogP contribution >= 0.6 is 0 Å². The molecule has 40 heavy (non-hydrogen) atoms. The fraction of sp³-hybridized carbons (Fsp3) is 0.630. The molecule has 1 unspecified atom stereocenters. The van der Waals surface area contributed by atoms with Crippen molar-refractivity contribution >= 4 is 33.9 Å². The maximum atomic E-state index is 13.3. The summed E-state index contributed by atoms with van der Waals surface area (Å²) in [6.45, 7) is 7.44. The zero-order valence-electron chi connectivity index (χ0n) is 23.7. The number of amides is 3. The Bertz CT molecular complexity index is 1110. The number of aliphatic carboxylic acids is 1. The molecule has 3 N–H and O–H groups in total. The first kappa shape index (κ1) is 33.0. The van der Waals surface area contributed by atoms with E-state index < -0.39 is 46.2 Å². The van der Waals surface area contributed by atoms with Crippen LogP contribution in [0.3, 0.4) is 0 Å². The topological polar surface area (TPSA) is 162 Å². The normalized spacial score (nSPS) is 15.2. The number of carbonyl (C=O) groups is 4. The molecule has 0 bridgehead atoms. The van der Waals surface area contributed by atoms with Gasteiger partial charge in [-0.3, -0.25) is 14.4 Å². The molecule has 0 spiro atoms. The minimum Gasteiger partial charge on any atom is -0.480 e. The molecule has 1 heterocycles. The van der Waals surface area contributed by atoms with Gasteiger partial charge in [0.05, 0.1) is 5.75 Å². The zero-order chi connectivity index (χ0) is 29.9. The number of carboxylic acid groups (broad SMARTS) is 1. The molecule has 12 nitrogen and oxygen atoms in total. The monoisotopic (exact) mass is 582 g/mol. The van der Waals surface area contributed by atoms with Gasteiger partial charge in [-0.2, -0.15) is 0 Å². The van der Waals surface area contributed by atoms with Crippen molar-refractivity contribution in [1.29, 1.82) is 0 Å². The molecule has 0 aromatic heterocycles. The predicted molar refractivity (Wildman–Crippen MR) is 149 cm³/mol. The Balaban J connectivity index is 2.04. The third-order valence-electron chi connectivity index (χ3n) is 6.17. The fourth-order valence-electron chi connectivity index (χ4n) is 4.38. The van der Waals surface area contributed by atoms with Crippen molar-refractivity contribution in [2.45, 2.75) is 83.2 Å². The molecule has 3 amide bonds. The summed E-state index contributed by atoms with van der Waals surface area (Å²) in [6.07, 6.45) is 0.788. The first-order chi connectivity index (χ1) is 18.7. The number of ether oxygens (including phenoxy) is 1. The summed E-state index contributed by atoms with van der Waals surface area (Å²) < 4.78 is 33.6. The van der Waals surface area contributed by atoms with Gasteiger partial charge in [-0.15, -0.1) is 0 Å². The van der Waals surface area contributed by atoms with Gasteiger partial charge < -0.3 is 25.0 Å². The Kier molecular flexibility index (Phi) is 12.4. The van der Waals surface area contributed by atoms with Gasteiger partial charge in [-0.25, -0.2) is 17.9 Å². The molecule has 224 valence electrons. The summed E-state index contributed by atoms with van der Waals surface area (Å²) in [5.74, 6) is -2.52. The van der Waals surface area contributed by atoms with Crippen molar-refractivity contribution in [2.75, 3.05) is 26.2 Å². The number of piperidine rings is 1. The smallest absolute Gasteiger partial charge is 0.407 e. The minimum absolute atomic E-state index is 0.110. The summed E-state index contributed by atoms with van der Waals surface area (Å²) in [7, 11) is -3.98. The van der Waals surface area contributed by atoms with Crippen LogP contribution in [-0.4, -0.2) is 91.1 Å². The van der Waals surface area contributed by atoms with E-state index in [-0.39, 0.29) is 37.1 Å². The first-order valence-corrected chi connectivity index (χ1v) is 15.2. The predicted octanol–water partition coefficient (Wildman–Crippen LogP) is 2.09. The maximum Gasteiger partial charge on any atom is 0.407 e. The second kappa shape index (κ2) is 15.0. The van der Waals surface area contributed by atoms with E-state index in [9.17, 15) is 32.7 Å². The van der Waals surface area contributed by atoms with Crippen LogP contribution in [0.2, 0.25) is 0 Å². The van der Waals surface area contributed by atoms with Gasteiger partial charge in [-0.05, 0) is 52.0 Å². The molecule has 1 aromatic rings. The Morgan fingerprint density at radius 2 is 1.75 bits per heavy atom. The molecule has 1 atom stereocenters. The van der Waals surface area contributed by atoms with E-state index in [1.165, 1.54) is 0 Å². The van der Waals surface area contributed by atoms with Crippen LogP contribution < -0.4 is 10.0 Å². The number of likely N-dealkylation sites (tertiary alicyclic amines) is 1. The second-order valence-corrected chi connectivity index (χ2v) is 12.7. The van der Waals surface area contributed by atoms with Crippen molar-refractivity contribution in [3.8, 4) is 0 Å². The van der Waals surface area contributed by atoms with Crippen LogP contribution in [0.25, 0.3) is 0 Å². The van der Waals surface area contributed by atoms with Crippen molar-refractivity contribution in [1.82, 2.24) is 19.8 Å². The van der Waals surface area contributed by atoms with Crippen molar-refractivity contribution < 1.29 is 37.4 Å². The summed E-state index contributed by atoms with van der Waals surface area (Å²) in [5.41, 5.74) is -0.0924. The number of carboxylic acids is 1. The van der Waals surface area contributed by atoms with Crippen LogP contribution in [0.15, 0.2) is 30.3 Å². The lowest BCUT2D eigenvalue weighted by Crippen LogP contribution is -2.51. The fourth-order valence-corrected chi connectivity index (χ4v) is 5.75. The molecule has 1 aliphatic rings. The standard InChI is InChI=1S/C27H42N4O8S/c1-5-15-31(18-24(33)34)25(35)22(29-40(37,38)19-20-9-7-6-8-10-20)11-12-23(32)30-16-13-21(14-17-30)28-26(36)39-27(2,3)4/h6-10,21-22,29H,5,11-19H2,1-4H3,(H,28,36)(H,33,34). The van der Waals surface area contributed by atoms with E-state index in [4.69, 9.17) is 4.74 Å². The maximum absolute atomic E-state index is 13.3. The van der Waals surface area contributed by atoms with Gasteiger partial charge >= 0.3 is 12.1 Å². The summed E-state index contributed by atoms with van der Waals surface area (Å²) in [6, 6.07) is 7.02. The average Bonchev–Trinajstić information content (AvgIpc) is 2.85. The number of sulfonamides is 1. The van der Waals surface area contributed by atoms with Crippen molar-refractivity contribution in [3.63, 3.8) is 0 Å². The largest absolute Gasteiger partial charge is 0.480 e. The molecular weight excluding hydrogens is 540 g/mol. The molecule has 1 saturated heterocycles. The van der Waals surface area contributed by atoms with Gasteiger partial charge in [0.2, 0.25) is 21.8 Å². The quantitative estimate of drug-likeness (QED) is 0.318. The third-order valence-corrected chi connectivity index (χ3v) is 7.52. The number of benzene rings is 1. The van der Waals surface area contributed by atoms with E-state index >= 15 is 0 Å². The van der Waals surface area contributed by atoms with Crippen LogP contribution in [0.4, 0.5) is 4.79 Å². The number of nitrogens with one attached hydrogen (secondary N) is 2. The van der Waals surface area contributed by atoms with Crippen molar-refractivity contribution in [2.24, 2.45) is 0 Å². The lowest BCUT2D eigenvalue weighted by atomic mass is 10.0. The Morgan fingerprint density at radius 3 is 2.30 bits per heavy atom. The summed E-state index contributed by atoms with van der Waals surface area (Å²) >= 11 is 0. The molecule has 0 radical (unpaired) electrons. The SMILES string of the molecule is CCCN(CC(=O)O)C(=O)C(CCC(=O)N1CCC(NC(=O)OC(C)(C)C)CC1)NS(=O)(=O)Cc1ccccc1. The highest BCUT2D eigenvalue weighted by Crippen LogP contribution is 2.16. The van der Waals surface area contributed by atoms with Gasteiger partial charge in [-0.1, -0.05) is 37.3 Å². The van der Waals surface area contributed by atoms with E-state index in [1.54, 1.807) is 62.9 Å². The van der Waals surface area contributed by atoms with Crippen molar-refractivity contribution in [3.05, 3.63) is 35.9 Å². The molecule has 0 aliphatic carbocycles. The molecule has 0 saturated carbocycles. The number of carbonyl (C=O) groups excluding carboxylic acids is 3. The number of hydrogen-bond acceptors (Lipinski definition) is 7. The summed E-state index contributed by atoms with van der Waals surface area (Å²) in [5, 5.41) is 12.1. The van der Waals surface area contributed by atoms with Gasteiger partial charge in [0.1, 0.15) is 18.2 Å². The Labute approximate surface area is 236 Å². The zero-order valence-corrected chi connectivity index (χ0v) is 24.5. The Hall–Kier alpha value is -3.19. The molecule has 1 aliphatic heterocycles. The van der Waals surface area contributed by atoms with Gasteiger partial charge in [0, 0.05) is 32.1 Å². The minimum atomic E-state index is -3.98. The second-order valence-electron chi connectivity index (χ2n) is 10.9. The van der Waals surface area contributed by atoms with Gasteiger partial charge in [0.25, 0.3) is 0 Å². The van der Waals surface area contributed by atoms with E-state index in [1.807, 2.05) is 0 Å². The number of alkyl carbamates (subject to hydrolysis) is 1. The first-order valence-electron chi connectivity index (χ1n) is 13.5.